The largest absolute Gasteiger partial charge is 0.378 e. The first-order valence-electron chi connectivity index (χ1n) is 10.9. The van der Waals surface area contributed by atoms with Crippen molar-refractivity contribution in [2.45, 2.75) is 71.1 Å². The summed E-state index contributed by atoms with van der Waals surface area (Å²) < 4.78 is 5.75. The smallest absolute Gasteiger partial charge is 0.243 e. The molecular weight excluding hydrogens is 427 g/mol. The van der Waals surface area contributed by atoms with Crippen molar-refractivity contribution < 1.29 is 14.3 Å². The molecule has 3 fully saturated rings. The zero-order chi connectivity index (χ0) is 20.5. The highest BCUT2D eigenvalue weighted by Crippen LogP contribution is 2.50. The molecule has 1 aliphatic carbocycles. The summed E-state index contributed by atoms with van der Waals surface area (Å²) in [5, 5.41) is 0. The quantitative estimate of drug-likeness (QED) is 0.669. The van der Waals surface area contributed by atoms with E-state index < -0.39 is 5.54 Å². The maximum atomic E-state index is 13.1. The van der Waals surface area contributed by atoms with E-state index in [0.29, 0.717) is 38.7 Å². The van der Waals surface area contributed by atoms with Crippen molar-refractivity contribution in [3.8, 4) is 0 Å². The van der Waals surface area contributed by atoms with Crippen molar-refractivity contribution in [2.24, 2.45) is 11.1 Å². The van der Waals surface area contributed by atoms with Crippen LogP contribution in [0.3, 0.4) is 0 Å². The molecule has 0 bridgehead atoms. The van der Waals surface area contributed by atoms with E-state index >= 15 is 0 Å². The highest BCUT2D eigenvalue weighted by atomic mass is 35.5. The molecule has 176 valence electrons. The summed E-state index contributed by atoms with van der Waals surface area (Å²) in [7, 11) is 0. The predicted molar refractivity (Wildman–Crippen MR) is 123 cm³/mol. The average molecular weight is 467 g/mol. The monoisotopic (exact) mass is 466 g/mol. The molecule has 3 rings (SSSR count). The van der Waals surface area contributed by atoms with Crippen molar-refractivity contribution in [1.82, 2.24) is 14.7 Å². The molecule has 2 saturated heterocycles. The van der Waals surface area contributed by atoms with E-state index in [1.165, 1.54) is 6.42 Å². The second-order valence-electron chi connectivity index (χ2n) is 9.34. The number of piperidine rings is 1. The minimum atomic E-state index is -0.853. The molecule has 9 heteroatoms. The Balaban J connectivity index is 0.00000225. The number of hydrogen-bond acceptors (Lipinski definition) is 5. The third-order valence-corrected chi connectivity index (χ3v) is 7.35. The number of rotatable bonds is 5. The molecule has 2 N–H and O–H groups in total. The van der Waals surface area contributed by atoms with Crippen LogP contribution in [0.5, 0.6) is 0 Å². The molecule has 3 aliphatic rings. The van der Waals surface area contributed by atoms with Crippen molar-refractivity contribution in [3.63, 3.8) is 0 Å². The van der Waals surface area contributed by atoms with E-state index in [1.807, 2.05) is 30.6 Å². The van der Waals surface area contributed by atoms with Gasteiger partial charge in [0.25, 0.3) is 0 Å². The van der Waals surface area contributed by atoms with Gasteiger partial charge < -0.3 is 20.3 Å². The van der Waals surface area contributed by atoms with E-state index in [2.05, 4.69) is 11.8 Å². The second kappa shape index (κ2) is 10.8. The zero-order valence-electron chi connectivity index (χ0n) is 18.9. The van der Waals surface area contributed by atoms with Gasteiger partial charge in [0.05, 0.1) is 12.6 Å². The lowest BCUT2D eigenvalue weighted by atomic mass is 9.54. The Hall–Kier alpha value is -0.600. The third kappa shape index (κ3) is 5.07. The molecule has 0 aromatic rings. The predicted octanol–water partition coefficient (Wildman–Crippen LogP) is 1.91. The summed E-state index contributed by atoms with van der Waals surface area (Å²) in [6.45, 7) is 12.9. The Morgan fingerprint density at radius 1 is 1.07 bits per heavy atom. The van der Waals surface area contributed by atoms with E-state index in [0.717, 1.165) is 32.5 Å². The summed E-state index contributed by atoms with van der Waals surface area (Å²) >= 11 is 0. The molecule has 2 aliphatic heterocycles. The number of amides is 2. The van der Waals surface area contributed by atoms with Crippen molar-refractivity contribution in [1.29, 1.82) is 0 Å². The lowest BCUT2D eigenvalue weighted by Gasteiger charge is -2.59. The van der Waals surface area contributed by atoms with Gasteiger partial charge in [-0.05, 0) is 33.1 Å². The van der Waals surface area contributed by atoms with Crippen LogP contribution in [-0.2, 0) is 14.3 Å². The number of likely N-dealkylation sites (tertiary alicyclic amines) is 1. The van der Waals surface area contributed by atoms with Crippen LogP contribution in [0, 0.1) is 5.41 Å². The SMILES string of the molecule is CCOC1CC(N)(C(=O)N2CCN(CC(=O)N3CCCCC3C)CC2)C1(C)C.Cl.Cl. The lowest BCUT2D eigenvalue weighted by Crippen LogP contribution is -2.76. The average Bonchev–Trinajstić information content (AvgIpc) is 2.68. The number of carbonyl (C=O) groups excluding carboxylic acids is 2. The van der Waals surface area contributed by atoms with Crippen LogP contribution in [-0.4, -0.2) is 90.1 Å². The second-order valence-corrected chi connectivity index (χ2v) is 9.34. The first-order chi connectivity index (χ1) is 13.2. The molecular formula is C21H40Cl2N4O3. The fourth-order valence-electron chi connectivity index (χ4n) is 4.94. The van der Waals surface area contributed by atoms with Crippen LogP contribution in [0.25, 0.3) is 0 Å². The first-order valence-corrected chi connectivity index (χ1v) is 10.9. The Bertz CT molecular complexity index is 599. The topological polar surface area (TPSA) is 79.1 Å². The van der Waals surface area contributed by atoms with E-state index in [9.17, 15) is 9.59 Å². The maximum Gasteiger partial charge on any atom is 0.243 e. The number of piperazine rings is 1. The van der Waals surface area contributed by atoms with Gasteiger partial charge >= 0.3 is 0 Å². The molecule has 0 radical (unpaired) electrons. The molecule has 3 unspecified atom stereocenters. The zero-order valence-corrected chi connectivity index (χ0v) is 20.5. The Morgan fingerprint density at radius 3 is 2.23 bits per heavy atom. The van der Waals surface area contributed by atoms with E-state index in [4.69, 9.17) is 10.5 Å². The van der Waals surface area contributed by atoms with Gasteiger partial charge in [0.1, 0.15) is 5.54 Å². The highest BCUT2D eigenvalue weighted by Gasteiger charge is 2.63. The number of hydrogen-bond donors (Lipinski definition) is 1. The molecule has 0 aromatic carbocycles. The Morgan fingerprint density at radius 2 is 1.70 bits per heavy atom. The normalized spacial score (nSPS) is 31.2. The number of nitrogens with two attached hydrogens (primary N) is 1. The molecule has 3 atom stereocenters. The number of ether oxygens (including phenoxy) is 1. The maximum absolute atomic E-state index is 13.1. The minimum absolute atomic E-state index is 0. The fourth-order valence-corrected chi connectivity index (χ4v) is 4.94. The standard InChI is InChI=1S/C21H38N4O3.2ClH/c1-5-28-17-14-21(22,20(17,3)4)19(27)24-12-10-23(11-13-24)15-18(26)25-9-7-6-8-16(25)2;;/h16-17H,5-15,22H2,1-4H3;2*1H. The summed E-state index contributed by atoms with van der Waals surface area (Å²) in [6, 6.07) is 0.348. The van der Waals surface area contributed by atoms with Gasteiger partial charge in [-0.3, -0.25) is 14.5 Å². The van der Waals surface area contributed by atoms with Crippen molar-refractivity contribution in [3.05, 3.63) is 0 Å². The van der Waals surface area contributed by atoms with Crippen molar-refractivity contribution in [2.75, 3.05) is 45.9 Å². The van der Waals surface area contributed by atoms with Gasteiger partial charge in [0.2, 0.25) is 11.8 Å². The Labute approximate surface area is 193 Å². The van der Waals surface area contributed by atoms with Crippen LogP contribution in [0.1, 0.15) is 53.4 Å². The van der Waals surface area contributed by atoms with Gasteiger partial charge in [-0.25, -0.2) is 0 Å². The summed E-state index contributed by atoms with van der Waals surface area (Å²) in [6.07, 6.45) is 4.04. The summed E-state index contributed by atoms with van der Waals surface area (Å²) in [4.78, 5) is 31.9. The highest BCUT2D eigenvalue weighted by molar-refractivity contribution is 5.89. The van der Waals surface area contributed by atoms with Crippen LogP contribution in [0.15, 0.2) is 0 Å². The van der Waals surface area contributed by atoms with Gasteiger partial charge in [-0.2, -0.15) is 0 Å². The molecule has 0 aromatic heterocycles. The van der Waals surface area contributed by atoms with Gasteiger partial charge in [0, 0.05) is 57.2 Å². The fraction of sp³-hybridized carbons (Fsp3) is 0.905. The van der Waals surface area contributed by atoms with E-state index in [1.54, 1.807) is 0 Å². The minimum Gasteiger partial charge on any atom is -0.378 e. The van der Waals surface area contributed by atoms with Gasteiger partial charge in [-0.1, -0.05) is 13.8 Å². The molecule has 2 heterocycles. The van der Waals surface area contributed by atoms with Crippen LogP contribution in [0.2, 0.25) is 0 Å². The first kappa shape index (κ1) is 27.4. The number of carbonyl (C=O) groups is 2. The molecule has 7 nitrogen and oxygen atoms in total. The number of halogens is 2. The van der Waals surface area contributed by atoms with Gasteiger partial charge in [0.15, 0.2) is 0 Å². The third-order valence-electron chi connectivity index (χ3n) is 7.35. The number of nitrogens with zero attached hydrogens (tertiary/aromatic N) is 3. The van der Waals surface area contributed by atoms with Crippen LogP contribution in [0.4, 0.5) is 0 Å². The molecule has 0 spiro atoms. The lowest BCUT2D eigenvalue weighted by molar-refractivity contribution is -0.180. The van der Waals surface area contributed by atoms with Crippen molar-refractivity contribution >= 4 is 36.6 Å². The summed E-state index contributed by atoms with van der Waals surface area (Å²) in [5.74, 6) is 0.256. The van der Waals surface area contributed by atoms with Gasteiger partial charge in [-0.15, -0.1) is 24.8 Å². The summed E-state index contributed by atoms with van der Waals surface area (Å²) in [5.41, 5.74) is 5.34. The van der Waals surface area contributed by atoms with Crippen LogP contribution >= 0.6 is 24.8 Å². The molecule has 30 heavy (non-hydrogen) atoms. The molecule has 2 amide bonds. The molecule has 1 saturated carbocycles. The Kier molecular flexibility index (Phi) is 9.89. The van der Waals surface area contributed by atoms with Crippen LogP contribution < -0.4 is 5.73 Å². The van der Waals surface area contributed by atoms with E-state index in [-0.39, 0.29) is 48.1 Å².